The molecule has 25 heavy (non-hydrogen) atoms. The summed E-state index contributed by atoms with van der Waals surface area (Å²) in [6.07, 6.45) is 1.46. The number of aromatic amines is 1. The van der Waals surface area contributed by atoms with Crippen molar-refractivity contribution in [3.63, 3.8) is 0 Å². The second kappa shape index (κ2) is 8.13. The highest BCUT2D eigenvalue weighted by Gasteiger charge is 2.18. The molecule has 3 N–H and O–H groups in total. The summed E-state index contributed by atoms with van der Waals surface area (Å²) in [5, 5.41) is 7.49. The molecule has 1 unspecified atom stereocenters. The van der Waals surface area contributed by atoms with Crippen LogP contribution in [0.15, 0.2) is 27.6 Å². The maximum absolute atomic E-state index is 12.0. The third kappa shape index (κ3) is 4.69. The normalized spacial score (nSPS) is 11.6. The number of methoxy groups -OCH3 is 1. The molecular formula is C16H20N4O5. The summed E-state index contributed by atoms with van der Waals surface area (Å²) in [7, 11) is 1.52. The molecule has 1 atom stereocenters. The second-order valence-electron chi connectivity index (χ2n) is 5.57. The Labute approximate surface area is 143 Å². The van der Waals surface area contributed by atoms with Gasteiger partial charge in [-0.3, -0.25) is 14.4 Å². The van der Waals surface area contributed by atoms with E-state index in [0.717, 1.165) is 0 Å². The summed E-state index contributed by atoms with van der Waals surface area (Å²) in [5.41, 5.74) is -0.335. The van der Waals surface area contributed by atoms with Gasteiger partial charge in [0.2, 0.25) is 0 Å². The van der Waals surface area contributed by atoms with Gasteiger partial charge in [0.25, 0.3) is 17.4 Å². The summed E-state index contributed by atoms with van der Waals surface area (Å²) in [6, 6.07) is 3.21. The van der Waals surface area contributed by atoms with Gasteiger partial charge in [-0.2, -0.15) is 5.16 Å². The number of hydrogen-bond donors (Lipinski definition) is 3. The largest absolute Gasteiger partial charge is 0.495 e. The van der Waals surface area contributed by atoms with E-state index < -0.39 is 11.5 Å². The average molecular weight is 348 g/mol. The summed E-state index contributed by atoms with van der Waals surface area (Å²) < 4.78 is 9.78. The lowest BCUT2D eigenvalue weighted by Crippen LogP contribution is -2.36. The number of nitrogens with zero attached hydrogens (tertiary/aromatic N) is 1. The van der Waals surface area contributed by atoms with E-state index >= 15 is 0 Å². The number of rotatable bonds is 7. The van der Waals surface area contributed by atoms with Crippen molar-refractivity contribution in [2.75, 3.05) is 20.2 Å². The van der Waals surface area contributed by atoms with Crippen molar-refractivity contribution in [3.8, 4) is 5.75 Å². The standard InChI is InChI=1S/C16H20N4O5/c1-9(7-19-15(22)13-10(2)25-20-16(13)23)6-18-14(21)12-5-4-11(24-3)8-17-12/h4-5,8-9H,6-7H2,1-3H3,(H,18,21)(H,19,22)(H,20,23). The van der Waals surface area contributed by atoms with E-state index in [4.69, 9.17) is 9.26 Å². The minimum atomic E-state index is -0.568. The summed E-state index contributed by atoms with van der Waals surface area (Å²) >= 11 is 0. The van der Waals surface area contributed by atoms with E-state index in [9.17, 15) is 14.4 Å². The van der Waals surface area contributed by atoms with Crippen LogP contribution < -0.4 is 20.9 Å². The van der Waals surface area contributed by atoms with E-state index in [1.807, 2.05) is 6.92 Å². The molecule has 0 bridgehead atoms. The fraction of sp³-hybridized carbons (Fsp3) is 0.375. The molecule has 0 fully saturated rings. The van der Waals surface area contributed by atoms with Crippen LogP contribution in [0.25, 0.3) is 0 Å². The average Bonchev–Trinajstić information content (AvgIpc) is 2.96. The van der Waals surface area contributed by atoms with Crippen LogP contribution >= 0.6 is 0 Å². The van der Waals surface area contributed by atoms with Crippen molar-refractivity contribution in [3.05, 3.63) is 45.7 Å². The van der Waals surface area contributed by atoms with E-state index in [0.29, 0.717) is 18.8 Å². The first kappa shape index (κ1) is 18.2. The van der Waals surface area contributed by atoms with Gasteiger partial charge >= 0.3 is 0 Å². The molecule has 2 aromatic rings. The first-order valence-electron chi connectivity index (χ1n) is 7.67. The Bertz CT molecular complexity index is 794. The highest BCUT2D eigenvalue weighted by Crippen LogP contribution is 2.07. The third-order valence-corrected chi connectivity index (χ3v) is 3.53. The molecule has 2 rings (SSSR count). The number of hydrogen-bond acceptors (Lipinski definition) is 6. The molecule has 0 aliphatic heterocycles. The number of carbonyl (C=O) groups excluding carboxylic acids is 2. The molecule has 0 saturated heterocycles. The summed E-state index contributed by atoms with van der Waals surface area (Å²) in [6.45, 7) is 4.01. The Balaban J connectivity index is 1.80. The topological polar surface area (TPSA) is 126 Å². The van der Waals surface area contributed by atoms with Crippen molar-refractivity contribution in [1.29, 1.82) is 0 Å². The second-order valence-corrected chi connectivity index (χ2v) is 5.57. The molecule has 0 radical (unpaired) electrons. The molecule has 0 aromatic carbocycles. The third-order valence-electron chi connectivity index (χ3n) is 3.53. The maximum atomic E-state index is 12.0. The number of ether oxygens (including phenoxy) is 1. The molecule has 2 heterocycles. The van der Waals surface area contributed by atoms with E-state index in [1.54, 1.807) is 12.1 Å². The van der Waals surface area contributed by atoms with Gasteiger partial charge < -0.3 is 19.9 Å². The van der Waals surface area contributed by atoms with Crippen LogP contribution in [0.3, 0.4) is 0 Å². The fourth-order valence-electron chi connectivity index (χ4n) is 2.07. The number of carbonyl (C=O) groups is 2. The number of aromatic nitrogens is 2. The molecule has 2 amide bonds. The number of pyridine rings is 1. The molecule has 134 valence electrons. The van der Waals surface area contributed by atoms with Crippen LogP contribution in [0.5, 0.6) is 5.75 Å². The Morgan fingerprint density at radius 3 is 2.48 bits per heavy atom. The van der Waals surface area contributed by atoms with Gasteiger partial charge in [-0.05, 0) is 25.0 Å². The fourth-order valence-corrected chi connectivity index (χ4v) is 2.07. The monoisotopic (exact) mass is 348 g/mol. The van der Waals surface area contributed by atoms with Gasteiger partial charge in [0, 0.05) is 13.1 Å². The van der Waals surface area contributed by atoms with Crippen LogP contribution in [0.4, 0.5) is 0 Å². The number of aryl methyl sites for hydroxylation is 1. The zero-order valence-electron chi connectivity index (χ0n) is 14.2. The van der Waals surface area contributed by atoms with Crippen LogP contribution in [0, 0.1) is 12.8 Å². The highest BCUT2D eigenvalue weighted by atomic mass is 16.5. The van der Waals surface area contributed by atoms with Crippen molar-refractivity contribution in [2.24, 2.45) is 5.92 Å². The van der Waals surface area contributed by atoms with Crippen LogP contribution in [-0.4, -0.2) is 42.2 Å². The minimum absolute atomic E-state index is 0.0429. The smallest absolute Gasteiger partial charge is 0.293 e. The summed E-state index contributed by atoms with van der Waals surface area (Å²) in [5.74, 6) is -0.0749. The number of H-pyrrole nitrogens is 1. The van der Waals surface area contributed by atoms with Crippen LogP contribution in [0.1, 0.15) is 33.5 Å². The van der Waals surface area contributed by atoms with Gasteiger partial charge in [-0.15, -0.1) is 0 Å². The zero-order chi connectivity index (χ0) is 18.4. The molecule has 0 saturated carbocycles. The van der Waals surface area contributed by atoms with Crippen molar-refractivity contribution < 1.29 is 18.8 Å². The Morgan fingerprint density at radius 1 is 1.28 bits per heavy atom. The molecule has 0 aliphatic rings. The molecule has 2 aromatic heterocycles. The number of amides is 2. The lowest BCUT2D eigenvalue weighted by Gasteiger charge is -2.13. The van der Waals surface area contributed by atoms with E-state index in [-0.39, 0.29) is 28.8 Å². The molecule has 0 spiro atoms. The van der Waals surface area contributed by atoms with Gasteiger partial charge in [-0.25, -0.2) is 4.98 Å². The quantitative estimate of drug-likeness (QED) is 0.668. The van der Waals surface area contributed by atoms with Gasteiger partial charge in [0.15, 0.2) is 0 Å². The predicted octanol–water partition coefficient (Wildman–Crippen LogP) is 0.476. The van der Waals surface area contributed by atoms with E-state index in [2.05, 4.69) is 20.8 Å². The maximum Gasteiger partial charge on any atom is 0.293 e. The molecular weight excluding hydrogens is 328 g/mol. The van der Waals surface area contributed by atoms with Crippen molar-refractivity contribution in [1.82, 2.24) is 20.8 Å². The molecule has 9 heteroatoms. The Hall–Kier alpha value is -3.10. The highest BCUT2D eigenvalue weighted by molar-refractivity contribution is 5.94. The SMILES string of the molecule is COc1ccc(C(=O)NCC(C)CNC(=O)c2c(C)o[nH]c2=O)nc1. The zero-order valence-corrected chi connectivity index (χ0v) is 14.2. The Morgan fingerprint density at radius 2 is 1.96 bits per heavy atom. The Kier molecular flexibility index (Phi) is 5.93. The van der Waals surface area contributed by atoms with Crippen molar-refractivity contribution >= 4 is 11.8 Å². The molecule has 0 aliphatic carbocycles. The van der Waals surface area contributed by atoms with Crippen LogP contribution in [-0.2, 0) is 0 Å². The molecule has 9 nitrogen and oxygen atoms in total. The first-order valence-corrected chi connectivity index (χ1v) is 7.67. The first-order chi connectivity index (χ1) is 11.9. The van der Waals surface area contributed by atoms with Gasteiger partial charge in [0.1, 0.15) is 22.8 Å². The predicted molar refractivity (Wildman–Crippen MR) is 88.7 cm³/mol. The van der Waals surface area contributed by atoms with Gasteiger partial charge in [0.05, 0.1) is 13.3 Å². The number of nitrogens with one attached hydrogen (secondary N) is 3. The van der Waals surface area contributed by atoms with Crippen LogP contribution in [0.2, 0.25) is 0 Å². The van der Waals surface area contributed by atoms with Crippen molar-refractivity contribution in [2.45, 2.75) is 13.8 Å². The summed E-state index contributed by atoms with van der Waals surface area (Å²) in [4.78, 5) is 39.4. The van der Waals surface area contributed by atoms with E-state index in [1.165, 1.54) is 20.2 Å². The minimum Gasteiger partial charge on any atom is -0.495 e. The van der Waals surface area contributed by atoms with Gasteiger partial charge in [-0.1, -0.05) is 6.92 Å². The lowest BCUT2D eigenvalue weighted by atomic mass is 10.1. The lowest BCUT2D eigenvalue weighted by molar-refractivity contribution is 0.0938.